The third-order valence-corrected chi connectivity index (χ3v) is 2.46. The molecule has 0 N–H and O–H groups in total. The predicted octanol–water partition coefficient (Wildman–Crippen LogP) is 2.87. The minimum absolute atomic E-state index is 0.863. The van der Waals surface area contributed by atoms with Crippen LogP contribution in [0, 0.1) is 6.92 Å². The van der Waals surface area contributed by atoms with E-state index in [9.17, 15) is 0 Å². The number of methoxy groups -OCH3 is 1. The van der Waals surface area contributed by atoms with E-state index >= 15 is 0 Å². The van der Waals surface area contributed by atoms with E-state index in [1.165, 1.54) is 5.56 Å². The Morgan fingerprint density at radius 1 is 1.56 bits per heavy atom. The van der Waals surface area contributed by atoms with Crippen molar-refractivity contribution in [2.24, 2.45) is 0 Å². The molecule has 0 aromatic carbocycles. The van der Waals surface area contributed by atoms with Gasteiger partial charge in [0.25, 0.3) is 0 Å². The van der Waals surface area contributed by atoms with Crippen LogP contribution in [0.25, 0.3) is 5.76 Å². The molecule has 0 atom stereocenters. The van der Waals surface area contributed by atoms with Crippen LogP contribution < -0.4 is 4.57 Å². The Morgan fingerprint density at radius 3 is 2.88 bits per heavy atom. The molecular formula is C14H20NO+. The van der Waals surface area contributed by atoms with E-state index in [-0.39, 0.29) is 0 Å². The minimum atomic E-state index is 0.863. The number of hydrogen-bond acceptors (Lipinski definition) is 1. The van der Waals surface area contributed by atoms with Crippen LogP contribution in [0.1, 0.15) is 24.6 Å². The number of aromatic nitrogens is 1. The topological polar surface area (TPSA) is 13.1 Å². The SMILES string of the molecule is C=CC=C(OC)c1c(C)ccc[n+]1CCC. The first kappa shape index (κ1) is 12.5. The van der Waals surface area contributed by atoms with Gasteiger partial charge in [-0.25, -0.2) is 0 Å². The van der Waals surface area contributed by atoms with Crippen molar-refractivity contribution in [1.29, 1.82) is 0 Å². The van der Waals surface area contributed by atoms with E-state index in [0.717, 1.165) is 24.4 Å². The second-order valence-corrected chi connectivity index (χ2v) is 3.70. The van der Waals surface area contributed by atoms with Crippen molar-refractivity contribution in [2.45, 2.75) is 26.8 Å². The summed E-state index contributed by atoms with van der Waals surface area (Å²) in [5.41, 5.74) is 2.35. The van der Waals surface area contributed by atoms with Crippen LogP contribution in [0.3, 0.4) is 0 Å². The van der Waals surface area contributed by atoms with Gasteiger partial charge in [0.1, 0.15) is 6.54 Å². The van der Waals surface area contributed by atoms with Gasteiger partial charge in [0.15, 0.2) is 12.0 Å². The first-order valence-corrected chi connectivity index (χ1v) is 5.60. The maximum atomic E-state index is 5.41. The van der Waals surface area contributed by atoms with Crippen LogP contribution in [0.5, 0.6) is 0 Å². The Morgan fingerprint density at radius 2 is 2.31 bits per heavy atom. The molecule has 0 spiro atoms. The van der Waals surface area contributed by atoms with Gasteiger partial charge in [-0.05, 0) is 19.1 Å². The van der Waals surface area contributed by atoms with Crippen LogP contribution in [0.15, 0.2) is 37.1 Å². The Hall–Kier alpha value is -1.57. The Bertz CT molecular complexity index is 394. The van der Waals surface area contributed by atoms with Gasteiger partial charge in [0, 0.05) is 18.1 Å². The van der Waals surface area contributed by atoms with E-state index < -0.39 is 0 Å². The van der Waals surface area contributed by atoms with E-state index in [1.807, 2.05) is 6.08 Å². The second kappa shape index (κ2) is 6.11. The molecule has 86 valence electrons. The molecular weight excluding hydrogens is 198 g/mol. The van der Waals surface area contributed by atoms with E-state index in [4.69, 9.17) is 4.74 Å². The Labute approximate surface area is 97.9 Å². The van der Waals surface area contributed by atoms with Crippen molar-refractivity contribution in [2.75, 3.05) is 7.11 Å². The van der Waals surface area contributed by atoms with E-state index in [1.54, 1.807) is 13.2 Å². The highest BCUT2D eigenvalue weighted by molar-refractivity contribution is 5.58. The first-order chi connectivity index (χ1) is 7.74. The van der Waals surface area contributed by atoms with Crippen molar-refractivity contribution in [3.63, 3.8) is 0 Å². The molecule has 0 saturated heterocycles. The fraction of sp³-hybridized carbons (Fsp3) is 0.357. The Kier molecular flexibility index (Phi) is 4.77. The summed E-state index contributed by atoms with van der Waals surface area (Å²) in [6.45, 7) is 8.97. The second-order valence-electron chi connectivity index (χ2n) is 3.70. The zero-order valence-electron chi connectivity index (χ0n) is 10.4. The zero-order chi connectivity index (χ0) is 12.0. The number of nitrogens with zero attached hydrogens (tertiary/aromatic N) is 1. The molecule has 0 aliphatic carbocycles. The molecule has 0 aliphatic rings. The zero-order valence-corrected chi connectivity index (χ0v) is 10.4. The molecule has 2 heteroatoms. The van der Waals surface area contributed by atoms with Crippen LogP contribution >= 0.6 is 0 Å². The lowest BCUT2D eigenvalue weighted by Gasteiger charge is -2.08. The van der Waals surface area contributed by atoms with Gasteiger partial charge >= 0.3 is 0 Å². The quantitative estimate of drug-likeness (QED) is 0.421. The van der Waals surface area contributed by atoms with Crippen molar-refractivity contribution < 1.29 is 9.30 Å². The predicted molar refractivity (Wildman–Crippen MR) is 66.8 cm³/mol. The van der Waals surface area contributed by atoms with Gasteiger partial charge in [0.2, 0.25) is 5.69 Å². The first-order valence-electron chi connectivity index (χ1n) is 5.60. The molecule has 0 aliphatic heterocycles. The fourth-order valence-electron chi connectivity index (χ4n) is 1.79. The summed E-state index contributed by atoms with van der Waals surface area (Å²) in [6, 6.07) is 4.16. The summed E-state index contributed by atoms with van der Waals surface area (Å²) in [7, 11) is 1.69. The normalized spacial score (nSPS) is 11.3. The van der Waals surface area contributed by atoms with E-state index in [2.05, 4.69) is 43.3 Å². The summed E-state index contributed by atoms with van der Waals surface area (Å²) in [6.07, 6.45) is 6.84. The monoisotopic (exact) mass is 218 g/mol. The summed E-state index contributed by atoms with van der Waals surface area (Å²) in [5, 5.41) is 0. The summed E-state index contributed by atoms with van der Waals surface area (Å²) in [4.78, 5) is 0. The lowest BCUT2D eigenvalue weighted by molar-refractivity contribution is -0.700. The largest absolute Gasteiger partial charge is 0.490 e. The number of hydrogen-bond donors (Lipinski definition) is 0. The molecule has 0 fully saturated rings. The summed E-state index contributed by atoms with van der Waals surface area (Å²) < 4.78 is 7.63. The summed E-state index contributed by atoms with van der Waals surface area (Å²) >= 11 is 0. The van der Waals surface area contributed by atoms with Crippen molar-refractivity contribution in [1.82, 2.24) is 0 Å². The number of aryl methyl sites for hydroxylation is 2. The third-order valence-electron chi connectivity index (χ3n) is 2.46. The van der Waals surface area contributed by atoms with Crippen LogP contribution in [-0.4, -0.2) is 7.11 Å². The Balaban J connectivity index is 3.27. The van der Waals surface area contributed by atoms with Gasteiger partial charge < -0.3 is 4.74 Å². The molecule has 1 heterocycles. The lowest BCUT2D eigenvalue weighted by atomic mass is 10.1. The van der Waals surface area contributed by atoms with E-state index in [0.29, 0.717) is 0 Å². The maximum Gasteiger partial charge on any atom is 0.250 e. The number of ether oxygens (including phenoxy) is 1. The summed E-state index contributed by atoms with van der Waals surface area (Å²) in [5.74, 6) is 0.863. The molecule has 2 nitrogen and oxygen atoms in total. The van der Waals surface area contributed by atoms with Crippen LogP contribution in [-0.2, 0) is 11.3 Å². The number of pyridine rings is 1. The molecule has 1 rings (SSSR count). The van der Waals surface area contributed by atoms with Gasteiger partial charge in [-0.15, -0.1) is 0 Å². The molecule has 0 amide bonds. The van der Waals surface area contributed by atoms with Crippen molar-refractivity contribution in [3.05, 3.63) is 48.3 Å². The third kappa shape index (κ3) is 2.72. The average molecular weight is 218 g/mol. The fourth-order valence-corrected chi connectivity index (χ4v) is 1.79. The molecule has 1 aromatic rings. The highest BCUT2D eigenvalue weighted by Crippen LogP contribution is 2.15. The molecule has 0 bridgehead atoms. The molecule has 0 saturated carbocycles. The van der Waals surface area contributed by atoms with Gasteiger partial charge in [0.05, 0.1) is 7.11 Å². The maximum absolute atomic E-state index is 5.41. The van der Waals surface area contributed by atoms with Gasteiger partial charge in [-0.3, -0.25) is 0 Å². The van der Waals surface area contributed by atoms with Crippen LogP contribution in [0.4, 0.5) is 0 Å². The molecule has 0 unspecified atom stereocenters. The minimum Gasteiger partial charge on any atom is -0.490 e. The molecule has 1 aromatic heterocycles. The average Bonchev–Trinajstić information content (AvgIpc) is 2.28. The standard InChI is InChI=1S/C14H20NO/c1-5-8-13(16-4)14-12(3)9-7-11-15(14)10-6-2/h5,7-9,11H,1,6,10H2,2-4H3/q+1. The smallest absolute Gasteiger partial charge is 0.250 e. The lowest BCUT2D eigenvalue weighted by Crippen LogP contribution is -2.38. The van der Waals surface area contributed by atoms with Crippen molar-refractivity contribution >= 4 is 5.76 Å². The molecule has 0 radical (unpaired) electrons. The number of allylic oxidation sites excluding steroid dienone is 2. The molecule has 16 heavy (non-hydrogen) atoms. The van der Waals surface area contributed by atoms with Gasteiger partial charge in [-0.2, -0.15) is 4.57 Å². The highest BCUT2D eigenvalue weighted by Gasteiger charge is 2.17. The number of rotatable bonds is 5. The van der Waals surface area contributed by atoms with Gasteiger partial charge in [-0.1, -0.05) is 19.6 Å². The highest BCUT2D eigenvalue weighted by atomic mass is 16.5. The van der Waals surface area contributed by atoms with Crippen LogP contribution in [0.2, 0.25) is 0 Å². The van der Waals surface area contributed by atoms with Crippen molar-refractivity contribution in [3.8, 4) is 0 Å².